The number of hydrogen-bond acceptors (Lipinski definition) is 2. The fourth-order valence-electron chi connectivity index (χ4n) is 1.49. The summed E-state index contributed by atoms with van der Waals surface area (Å²) >= 11 is 0. The Balaban J connectivity index is 2.46. The zero-order chi connectivity index (χ0) is 8.60. The Hall–Kier alpha value is -1.12. The van der Waals surface area contributed by atoms with Crippen molar-refractivity contribution in [1.29, 1.82) is 0 Å². The van der Waals surface area contributed by atoms with Crippen LogP contribution >= 0.6 is 0 Å². The second-order valence-electron chi connectivity index (χ2n) is 3.32. The molecule has 4 N–H and O–H groups in total. The summed E-state index contributed by atoms with van der Waals surface area (Å²) in [6.45, 7) is 0. The Labute approximate surface area is 71.9 Å². The maximum absolute atomic E-state index is 5.78. The first-order chi connectivity index (χ1) is 5.67. The maximum Gasteiger partial charge on any atom is 0.0873 e. The van der Waals surface area contributed by atoms with Crippen molar-refractivity contribution in [3.05, 3.63) is 41.5 Å². The highest BCUT2D eigenvalue weighted by molar-refractivity contribution is 5.58. The molecule has 0 radical (unpaired) electrons. The molecule has 0 saturated carbocycles. The molecule has 0 unspecified atom stereocenters. The summed E-state index contributed by atoms with van der Waals surface area (Å²) in [6.07, 6.45) is 4.56. The van der Waals surface area contributed by atoms with Crippen LogP contribution in [0, 0.1) is 0 Å². The van der Waals surface area contributed by atoms with Gasteiger partial charge >= 0.3 is 0 Å². The number of benzene rings is 1. The van der Waals surface area contributed by atoms with Gasteiger partial charge in [0.2, 0.25) is 0 Å². The minimum atomic E-state index is -0.658. The molecular formula is C10H12N2. The zero-order valence-electron chi connectivity index (χ0n) is 6.83. The molecule has 2 heteroatoms. The van der Waals surface area contributed by atoms with E-state index in [1.165, 1.54) is 11.1 Å². The average molecular weight is 160 g/mol. The topological polar surface area (TPSA) is 52.0 Å². The van der Waals surface area contributed by atoms with Crippen molar-refractivity contribution >= 4 is 6.08 Å². The molecule has 0 bridgehead atoms. The lowest BCUT2D eigenvalue weighted by Crippen LogP contribution is -2.50. The van der Waals surface area contributed by atoms with Crippen molar-refractivity contribution in [3.63, 3.8) is 0 Å². The quantitative estimate of drug-likeness (QED) is 0.553. The highest BCUT2D eigenvalue weighted by atomic mass is 14.9. The van der Waals surface area contributed by atoms with E-state index >= 15 is 0 Å². The van der Waals surface area contributed by atoms with Crippen molar-refractivity contribution in [2.45, 2.75) is 12.1 Å². The lowest BCUT2D eigenvalue weighted by molar-refractivity contribution is 0.547. The van der Waals surface area contributed by atoms with Crippen molar-refractivity contribution in [2.24, 2.45) is 11.5 Å². The number of fused-ring (bicyclic) bond motifs is 1. The van der Waals surface area contributed by atoms with Crippen LogP contribution in [-0.4, -0.2) is 5.66 Å². The Morgan fingerprint density at radius 1 is 1.17 bits per heavy atom. The van der Waals surface area contributed by atoms with E-state index in [0.29, 0.717) is 0 Å². The predicted octanol–water partition coefficient (Wildman–Crippen LogP) is 0.870. The van der Waals surface area contributed by atoms with Gasteiger partial charge in [0.15, 0.2) is 0 Å². The van der Waals surface area contributed by atoms with Gasteiger partial charge in [-0.15, -0.1) is 0 Å². The highest BCUT2D eigenvalue weighted by Crippen LogP contribution is 2.20. The standard InChI is InChI=1S/C10H12N2/c11-10(12)6-5-8-3-1-2-4-9(8)7-10/h1-6H,7,11-12H2. The molecule has 0 atom stereocenters. The summed E-state index contributed by atoms with van der Waals surface area (Å²) in [4.78, 5) is 0. The SMILES string of the molecule is NC1(N)C=Cc2ccccc2C1. The van der Waals surface area contributed by atoms with E-state index in [1.807, 2.05) is 24.3 Å². The fraction of sp³-hybridized carbons (Fsp3) is 0.200. The summed E-state index contributed by atoms with van der Waals surface area (Å²) in [5.41, 5.74) is 13.4. The summed E-state index contributed by atoms with van der Waals surface area (Å²) < 4.78 is 0. The monoisotopic (exact) mass is 160 g/mol. The van der Waals surface area contributed by atoms with Crippen LogP contribution in [0.1, 0.15) is 11.1 Å². The van der Waals surface area contributed by atoms with Gasteiger partial charge in [-0.1, -0.05) is 30.3 Å². The Bertz CT molecular complexity index is 326. The fourth-order valence-corrected chi connectivity index (χ4v) is 1.49. The Morgan fingerprint density at radius 2 is 1.92 bits per heavy atom. The first kappa shape index (κ1) is 7.53. The number of rotatable bonds is 0. The normalized spacial score (nSPS) is 18.8. The lowest BCUT2D eigenvalue weighted by atomic mass is 9.91. The smallest absolute Gasteiger partial charge is 0.0873 e. The second kappa shape index (κ2) is 2.44. The van der Waals surface area contributed by atoms with Crippen LogP contribution in [0.2, 0.25) is 0 Å². The van der Waals surface area contributed by atoms with Crippen LogP contribution in [0.5, 0.6) is 0 Å². The minimum absolute atomic E-state index is 0.658. The van der Waals surface area contributed by atoms with Gasteiger partial charge in [0.1, 0.15) is 0 Å². The van der Waals surface area contributed by atoms with E-state index in [4.69, 9.17) is 11.5 Å². The number of hydrogen-bond donors (Lipinski definition) is 2. The molecule has 2 nitrogen and oxygen atoms in total. The van der Waals surface area contributed by atoms with Crippen molar-refractivity contribution in [3.8, 4) is 0 Å². The van der Waals surface area contributed by atoms with Crippen LogP contribution in [0.3, 0.4) is 0 Å². The molecule has 0 aromatic heterocycles. The largest absolute Gasteiger partial charge is 0.310 e. The van der Waals surface area contributed by atoms with Crippen LogP contribution in [0.25, 0.3) is 6.08 Å². The summed E-state index contributed by atoms with van der Waals surface area (Å²) in [7, 11) is 0. The van der Waals surface area contributed by atoms with Gasteiger partial charge in [-0.3, -0.25) is 0 Å². The second-order valence-corrected chi connectivity index (χ2v) is 3.32. The van der Waals surface area contributed by atoms with Gasteiger partial charge in [0, 0.05) is 6.42 Å². The molecule has 2 rings (SSSR count). The van der Waals surface area contributed by atoms with Crippen LogP contribution < -0.4 is 11.5 Å². The van der Waals surface area contributed by atoms with Crippen molar-refractivity contribution in [1.82, 2.24) is 0 Å². The summed E-state index contributed by atoms with van der Waals surface area (Å²) in [5.74, 6) is 0. The molecule has 1 aliphatic rings. The maximum atomic E-state index is 5.78. The number of nitrogens with two attached hydrogens (primary N) is 2. The first-order valence-electron chi connectivity index (χ1n) is 4.02. The van der Waals surface area contributed by atoms with E-state index in [-0.39, 0.29) is 0 Å². The molecule has 0 saturated heterocycles. The minimum Gasteiger partial charge on any atom is -0.310 e. The molecule has 62 valence electrons. The molecule has 0 fully saturated rings. The third-order valence-corrected chi connectivity index (χ3v) is 2.12. The Morgan fingerprint density at radius 3 is 2.75 bits per heavy atom. The molecule has 1 aliphatic carbocycles. The van der Waals surface area contributed by atoms with E-state index in [0.717, 1.165) is 6.42 Å². The van der Waals surface area contributed by atoms with Gasteiger partial charge in [-0.05, 0) is 17.2 Å². The highest BCUT2D eigenvalue weighted by Gasteiger charge is 2.20. The molecule has 0 amide bonds. The third-order valence-electron chi connectivity index (χ3n) is 2.12. The van der Waals surface area contributed by atoms with Gasteiger partial charge in [-0.25, -0.2) is 0 Å². The summed E-state index contributed by atoms with van der Waals surface area (Å²) in [6, 6.07) is 8.16. The zero-order valence-corrected chi connectivity index (χ0v) is 6.83. The van der Waals surface area contributed by atoms with Crippen LogP contribution in [0.15, 0.2) is 30.3 Å². The Kier molecular flexibility index (Phi) is 1.53. The van der Waals surface area contributed by atoms with E-state index in [1.54, 1.807) is 0 Å². The van der Waals surface area contributed by atoms with E-state index < -0.39 is 5.66 Å². The molecule has 1 aromatic rings. The van der Waals surface area contributed by atoms with Gasteiger partial charge in [-0.2, -0.15) is 0 Å². The van der Waals surface area contributed by atoms with Crippen LogP contribution in [0.4, 0.5) is 0 Å². The predicted molar refractivity (Wildman–Crippen MR) is 50.3 cm³/mol. The molecule has 0 spiro atoms. The molecule has 12 heavy (non-hydrogen) atoms. The van der Waals surface area contributed by atoms with E-state index in [9.17, 15) is 0 Å². The molecule has 1 aromatic carbocycles. The lowest BCUT2D eigenvalue weighted by Gasteiger charge is -2.25. The first-order valence-corrected chi connectivity index (χ1v) is 4.02. The van der Waals surface area contributed by atoms with Crippen molar-refractivity contribution in [2.75, 3.05) is 0 Å². The van der Waals surface area contributed by atoms with Gasteiger partial charge in [0.25, 0.3) is 0 Å². The summed E-state index contributed by atoms with van der Waals surface area (Å²) in [5, 5.41) is 0. The molecular weight excluding hydrogens is 148 g/mol. The van der Waals surface area contributed by atoms with Gasteiger partial charge < -0.3 is 11.5 Å². The van der Waals surface area contributed by atoms with Gasteiger partial charge in [0.05, 0.1) is 5.66 Å². The van der Waals surface area contributed by atoms with Crippen molar-refractivity contribution < 1.29 is 0 Å². The molecule has 0 heterocycles. The third kappa shape index (κ3) is 1.26. The average Bonchev–Trinajstić information content (AvgIpc) is 2.02. The van der Waals surface area contributed by atoms with Crippen LogP contribution in [-0.2, 0) is 6.42 Å². The molecule has 0 aliphatic heterocycles. The van der Waals surface area contributed by atoms with E-state index in [2.05, 4.69) is 12.1 Å².